The number of Topliss-reactive ketones (excluding diaryl/α,β-unsaturated/α-hetero) is 1. The van der Waals surface area contributed by atoms with E-state index in [1.54, 1.807) is 26.8 Å². The van der Waals surface area contributed by atoms with Crippen molar-refractivity contribution in [2.75, 3.05) is 11.9 Å². The van der Waals surface area contributed by atoms with Gasteiger partial charge in [0.05, 0.1) is 11.6 Å². The number of anilines is 1. The minimum atomic E-state index is -1.30. The van der Waals surface area contributed by atoms with Gasteiger partial charge in [-0.3, -0.25) is 19.3 Å². The fourth-order valence-electron chi connectivity index (χ4n) is 4.12. The molecule has 33 heavy (non-hydrogen) atoms. The molecule has 1 saturated heterocycles. The van der Waals surface area contributed by atoms with E-state index in [1.165, 1.54) is 31.3 Å². The number of rotatable bonds is 4. The lowest BCUT2D eigenvalue weighted by atomic mass is 9.93. The van der Waals surface area contributed by atoms with Crippen LogP contribution in [0.4, 0.5) is 10.2 Å². The lowest BCUT2D eigenvalue weighted by molar-refractivity contribution is -0.132. The van der Waals surface area contributed by atoms with E-state index >= 15 is 0 Å². The Morgan fingerprint density at radius 2 is 1.94 bits per heavy atom. The van der Waals surface area contributed by atoms with Gasteiger partial charge in [-0.1, -0.05) is 23.4 Å². The molecule has 3 N–H and O–H groups in total. The minimum absolute atomic E-state index is 0.00345. The summed E-state index contributed by atoms with van der Waals surface area (Å²) >= 11 is 0. The molecule has 0 spiro atoms. The molecule has 0 radical (unpaired) electrons. The highest BCUT2D eigenvalue weighted by atomic mass is 19.1. The molecule has 4 rings (SSSR count). The molecule has 1 atom stereocenters. The van der Waals surface area contributed by atoms with Crippen LogP contribution in [0, 0.1) is 26.6 Å². The summed E-state index contributed by atoms with van der Waals surface area (Å²) in [6.45, 7) is 4.82. The zero-order valence-electron chi connectivity index (χ0n) is 18.3. The van der Waals surface area contributed by atoms with Crippen molar-refractivity contribution >= 4 is 29.2 Å². The summed E-state index contributed by atoms with van der Waals surface area (Å²) in [6.07, 6.45) is 0. The van der Waals surface area contributed by atoms with Gasteiger partial charge in [-0.15, -0.1) is 0 Å². The number of hydrogen-bond acceptors (Lipinski definition) is 6. The second kappa shape index (κ2) is 8.05. The number of H-pyrrole nitrogens is 1. The molecule has 170 valence electrons. The average molecular weight is 452 g/mol. The Kier molecular flexibility index (Phi) is 5.36. The van der Waals surface area contributed by atoms with Crippen LogP contribution in [0.5, 0.6) is 0 Å². The highest BCUT2D eigenvalue weighted by molar-refractivity contribution is 6.51. The van der Waals surface area contributed by atoms with Gasteiger partial charge in [0.2, 0.25) is 0 Å². The quantitative estimate of drug-likeness (QED) is 0.317. The molecule has 9 nitrogen and oxygen atoms in total. The number of nitrogens with one attached hydrogen (secondary N) is 2. The number of hydrogen-bond donors (Lipinski definition) is 3. The van der Waals surface area contributed by atoms with E-state index in [-0.39, 0.29) is 28.2 Å². The number of nitrogens with zero attached hydrogens (tertiary/aromatic N) is 2. The van der Waals surface area contributed by atoms with Crippen LogP contribution < -0.4 is 10.2 Å². The number of aryl methyl sites for hydroxylation is 2. The fraction of sp³-hybridized carbons (Fsp3) is 0.217. The molecule has 1 aromatic carbocycles. The largest absolute Gasteiger partial charge is 0.507 e. The molecule has 10 heteroatoms. The Hall–Kier alpha value is -4.21. The summed E-state index contributed by atoms with van der Waals surface area (Å²) < 4.78 is 19.9. The number of aliphatic hydroxyl groups is 1. The molecule has 2 amide bonds. The van der Waals surface area contributed by atoms with E-state index in [9.17, 15) is 23.9 Å². The second-order valence-electron chi connectivity index (χ2n) is 7.69. The Bertz CT molecular complexity index is 1340. The maximum atomic E-state index is 14.9. The first-order chi connectivity index (χ1) is 15.7. The van der Waals surface area contributed by atoms with Crippen LogP contribution in [-0.4, -0.2) is 39.9 Å². The van der Waals surface area contributed by atoms with E-state index in [4.69, 9.17) is 4.52 Å². The molecule has 1 unspecified atom stereocenters. The summed E-state index contributed by atoms with van der Waals surface area (Å²) in [5, 5.41) is 17.6. The number of carbonyl (C=O) groups excluding carboxylic acids is 3. The first-order valence-electron chi connectivity index (χ1n) is 10.1. The van der Waals surface area contributed by atoms with Crippen molar-refractivity contribution in [3.05, 3.63) is 75.6 Å². The van der Waals surface area contributed by atoms with Crippen molar-refractivity contribution in [3.63, 3.8) is 0 Å². The summed E-state index contributed by atoms with van der Waals surface area (Å²) in [7, 11) is 1.46. The Morgan fingerprint density at radius 1 is 1.24 bits per heavy atom. The van der Waals surface area contributed by atoms with Crippen LogP contribution in [0.1, 0.15) is 44.7 Å². The third kappa shape index (κ3) is 3.39. The topological polar surface area (TPSA) is 129 Å². The van der Waals surface area contributed by atoms with E-state index in [0.29, 0.717) is 17.0 Å². The Labute approximate surface area is 187 Å². The Morgan fingerprint density at radius 3 is 2.55 bits per heavy atom. The van der Waals surface area contributed by atoms with Crippen molar-refractivity contribution in [1.29, 1.82) is 0 Å². The van der Waals surface area contributed by atoms with Crippen molar-refractivity contribution in [2.45, 2.75) is 26.8 Å². The van der Waals surface area contributed by atoms with Gasteiger partial charge in [0.1, 0.15) is 23.0 Å². The van der Waals surface area contributed by atoms with Crippen molar-refractivity contribution in [1.82, 2.24) is 15.5 Å². The predicted octanol–water partition coefficient (Wildman–Crippen LogP) is 3.05. The van der Waals surface area contributed by atoms with Crippen LogP contribution in [0.2, 0.25) is 0 Å². The number of carbonyl (C=O) groups is 3. The molecule has 0 bridgehead atoms. The van der Waals surface area contributed by atoms with E-state index in [0.717, 1.165) is 4.90 Å². The molecule has 3 aromatic rings. The Balaban J connectivity index is 2.00. The van der Waals surface area contributed by atoms with Crippen molar-refractivity contribution in [2.24, 2.45) is 0 Å². The van der Waals surface area contributed by atoms with E-state index in [1.807, 2.05) is 0 Å². The first kappa shape index (κ1) is 22.0. The SMILES string of the molecule is CNC(=O)c1[nH]c(C)c(/C(O)=C2\C(=O)C(=O)N(c3cc(C)on3)C2c2ccccc2F)c1C. The van der Waals surface area contributed by atoms with Gasteiger partial charge < -0.3 is 19.9 Å². The first-order valence-corrected chi connectivity index (χ1v) is 10.1. The van der Waals surface area contributed by atoms with E-state index < -0.39 is 35.2 Å². The van der Waals surface area contributed by atoms with Crippen LogP contribution >= 0.6 is 0 Å². The maximum Gasteiger partial charge on any atom is 0.301 e. The van der Waals surface area contributed by atoms with Gasteiger partial charge in [-0.2, -0.15) is 0 Å². The van der Waals surface area contributed by atoms with Crippen molar-refractivity contribution in [3.8, 4) is 0 Å². The molecule has 1 fully saturated rings. The molecule has 0 aliphatic carbocycles. The number of amides is 2. The zero-order valence-corrected chi connectivity index (χ0v) is 18.3. The fourth-order valence-corrected chi connectivity index (χ4v) is 4.12. The number of aliphatic hydroxyl groups excluding tert-OH is 1. The number of ketones is 1. The van der Waals surface area contributed by atoms with Crippen LogP contribution in [0.3, 0.4) is 0 Å². The maximum absolute atomic E-state index is 14.9. The average Bonchev–Trinajstić information content (AvgIpc) is 3.42. The zero-order chi connectivity index (χ0) is 24.0. The van der Waals surface area contributed by atoms with Gasteiger partial charge in [-0.25, -0.2) is 4.39 Å². The summed E-state index contributed by atoms with van der Waals surface area (Å²) in [5.41, 5.74) is 0.833. The molecule has 2 aromatic heterocycles. The standard InChI is InChI=1S/C23H21FN4O5/c1-10-9-15(27-33-10)28-19(13-7-5-6-8-14(13)24)17(21(30)23(28)32)20(29)16-11(2)18(22(31)25-4)26-12(16)3/h5-9,19,26,29H,1-4H3,(H,25,31)/b20-17+. The number of halogens is 1. The second-order valence-corrected chi connectivity index (χ2v) is 7.69. The third-order valence-electron chi connectivity index (χ3n) is 5.64. The third-order valence-corrected chi connectivity index (χ3v) is 5.64. The van der Waals surface area contributed by atoms with E-state index in [2.05, 4.69) is 15.5 Å². The van der Waals surface area contributed by atoms with Gasteiger partial charge >= 0.3 is 5.91 Å². The normalized spacial score (nSPS) is 17.6. The van der Waals surface area contributed by atoms with Crippen LogP contribution in [-0.2, 0) is 9.59 Å². The monoisotopic (exact) mass is 452 g/mol. The number of aromatic nitrogens is 2. The number of aromatic amines is 1. The number of benzene rings is 1. The van der Waals surface area contributed by atoms with Gasteiger partial charge in [0.25, 0.3) is 11.7 Å². The molecule has 3 heterocycles. The highest BCUT2D eigenvalue weighted by Gasteiger charge is 2.49. The molecular formula is C23H21FN4O5. The highest BCUT2D eigenvalue weighted by Crippen LogP contribution is 2.43. The van der Waals surface area contributed by atoms with Crippen LogP contribution in [0.25, 0.3) is 5.76 Å². The van der Waals surface area contributed by atoms with Crippen molar-refractivity contribution < 1.29 is 28.4 Å². The molecule has 0 saturated carbocycles. The van der Waals surface area contributed by atoms with Gasteiger partial charge in [0, 0.05) is 29.9 Å². The smallest absolute Gasteiger partial charge is 0.301 e. The minimum Gasteiger partial charge on any atom is -0.507 e. The van der Waals surface area contributed by atoms with Crippen LogP contribution in [0.15, 0.2) is 40.4 Å². The lowest BCUT2D eigenvalue weighted by Gasteiger charge is -2.23. The summed E-state index contributed by atoms with van der Waals surface area (Å²) in [6, 6.07) is 5.79. The predicted molar refractivity (Wildman–Crippen MR) is 116 cm³/mol. The van der Waals surface area contributed by atoms with Gasteiger partial charge in [0.15, 0.2) is 5.82 Å². The lowest BCUT2D eigenvalue weighted by Crippen LogP contribution is -2.30. The summed E-state index contributed by atoms with van der Waals surface area (Å²) in [4.78, 5) is 42.3. The molecule has 1 aliphatic heterocycles. The summed E-state index contributed by atoms with van der Waals surface area (Å²) in [5.74, 6) is -3.22. The molecular weight excluding hydrogens is 431 g/mol. The molecule has 1 aliphatic rings. The van der Waals surface area contributed by atoms with Gasteiger partial charge in [-0.05, 0) is 32.4 Å².